The zero-order valence-electron chi connectivity index (χ0n) is 9.59. The van der Waals surface area contributed by atoms with Gasteiger partial charge < -0.3 is 5.32 Å². The highest BCUT2D eigenvalue weighted by atomic mass is 35.5. The number of piperidine rings is 1. The second-order valence-corrected chi connectivity index (χ2v) is 6.07. The fourth-order valence-corrected chi connectivity index (χ4v) is 2.86. The van der Waals surface area contributed by atoms with Gasteiger partial charge in [-0.2, -0.15) is 0 Å². The molecule has 7 heteroatoms. The maximum Gasteiger partial charge on any atom is 0.178 e. The Morgan fingerprint density at radius 2 is 2.24 bits per heavy atom. The summed E-state index contributed by atoms with van der Waals surface area (Å²) in [5, 5.41) is 3.26. The maximum atomic E-state index is 11.6. The number of nitrogens with one attached hydrogen (secondary N) is 1. The summed E-state index contributed by atoms with van der Waals surface area (Å²) in [4.78, 5) is 8.20. The summed E-state index contributed by atoms with van der Waals surface area (Å²) < 4.78 is 23.2. The highest BCUT2D eigenvalue weighted by molar-refractivity contribution is 7.90. The molecule has 5 nitrogen and oxygen atoms in total. The second-order valence-electron chi connectivity index (χ2n) is 4.09. The molecule has 1 atom stereocenters. The summed E-state index contributed by atoms with van der Waals surface area (Å²) in [5.41, 5.74) is 0.657. The molecule has 0 radical (unpaired) electrons. The van der Waals surface area contributed by atoms with Crippen molar-refractivity contribution in [3.8, 4) is 0 Å². The number of hydrogen-bond donors (Lipinski definition) is 1. The highest BCUT2D eigenvalue weighted by Crippen LogP contribution is 2.26. The molecule has 1 unspecified atom stereocenters. The van der Waals surface area contributed by atoms with E-state index in [1.54, 1.807) is 0 Å². The van der Waals surface area contributed by atoms with E-state index >= 15 is 0 Å². The zero-order valence-corrected chi connectivity index (χ0v) is 11.2. The van der Waals surface area contributed by atoms with E-state index in [4.69, 9.17) is 0 Å². The van der Waals surface area contributed by atoms with E-state index in [0.717, 1.165) is 25.9 Å². The van der Waals surface area contributed by atoms with Crippen LogP contribution in [0.3, 0.4) is 0 Å². The van der Waals surface area contributed by atoms with Crippen LogP contribution in [0.15, 0.2) is 17.4 Å². The molecule has 1 aromatic rings. The van der Waals surface area contributed by atoms with Crippen molar-refractivity contribution in [3.05, 3.63) is 18.2 Å². The molecule has 0 saturated carbocycles. The van der Waals surface area contributed by atoms with Crippen molar-refractivity contribution in [1.29, 1.82) is 0 Å². The van der Waals surface area contributed by atoms with Crippen LogP contribution in [-0.4, -0.2) is 37.7 Å². The Morgan fingerprint density at radius 3 is 2.82 bits per heavy atom. The van der Waals surface area contributed by atoms with E-state index in [0.29, 0.717) is 5.69 Å². The first-order valence-electron chi connectivity index (χ1n) is 5.29. The summed E-state index contributed by atoms with van der Waals surface area (Å²) in [6.45, 7) is 1.79. The lowest BCUT2D eigenvalue weighted by Crippen LogP contribution is -2.29. The minimum absolute atomic E-state index is 0. The van der Waals surface area contributed by atoms with Crippen LogP contribution < -0.4 is 5.32 Å². The molecule has 0 spiro atoms. The summed E-state index contributed by atoms with van der Waals surface area (Å²) in [7, 11) is -3.24. The highest BCUT2D eigenvalue weighted by Gasteiger charge is 2.23. The van der Waals surface area contributed by atoms with E-state index in [1.807, 2.05) is 0 Å². The van der Waals surface area contributed by atoms with Gasteiger partial charge in [0, 0.05) is 24.9 Å². The number of rotatable bonds is 2. The van der Waals surface area contributed by atoms with Crippen LogP contribution in [0.5, 0.6) is 0 Å². The minimum Gasteiger partial charge on any atom is -0.316 e. The Kier molecular flexibility index (Phi) is 4.85. The normalized spacial score (nSPS) is 20.6. The molecule has 1 aromatic heterocycles. The number of nitrogens with zero attached hydrogens (tertiary/aromatic N) is 2. The lowest BCUT2D eigenvalue weighted by molar-refractivity contribution is 0.448. The fraction of sp³-hybridized carbons (Fsp3) is 0.600. The van der Waals surface area contributed by atoms with Crippen LogP contribution in [0, 0.1) is 0 Å². The summed E-state index contributed by atoms with van der Waals surface area (Å²) in [5.74, 6) is 0.182. The van der Waals surface area contributed by atoms with Gasteiger partial charge in [0.2, 0.25) is 0 Å². The molecular weight excluding hydrogens is 262 g/mol. The maximum absolute atomic E-state index is 11.6. The van der Waals surface area contributed by atoms with Crippen molar-refractivity contribution >= 4 is 22.2 Å². The smallest absolute Gasteiger partial charge is 0.178 e. The quantitative estimate of drug-likeness (QED) is 0.864. The molecule has 0 aromatic carbocycles. The summed E-state index contributed by atoms with van der Waals surface area (Å²) in [6.07, 6.45) is 6.04. The zero-order chi connectivity index (χ0) is 11.6. The van der Waals surface area contributed by atoms with Crippen LogP contribution in [0.1, 0.15) is 24.5 Å². The largest absolute Gasteiger partial charge is 0.316 e. The molecule has 17 heavy (non-hydrogen) atoms. The van der Waals surface area contributed by atoms with E-state index in [2.05, 4.69) is 15.3 Å². The monoisotopic (exact) mass is 277 g/mol. The van der Waals surface area contributed by atoms with Crippen molar-refractivity contribution in [2.75, 3.05) is 19.3 Å². The minimum atomic E-state index is -3.24. The molecule has 0 bridgehead atoms. The third-order valence-electron chi connectivity index (χ3n) is 2.79. The van der Waals surface area contributed by atoms with Gasteiger partial charge in [-0.25, -0.2) is 18.4 Å². The van der Waals surface area contributed by atoms with Crippen molar-refractivity contribution < 1.29 is 8.42 Å². The number of hydrogen-bond acceptors (Lipinski definition) is 5. The topological polar surface area (TPSA) is 72.0 Å². The van der Waals surface area contributed by atoms with Gasteiger partial charge in [-0.3, -0.25) is 0 Å². The van der Waals surface area contributed by atoms with Crippen LogP contribution >= 0.6 is 12.4 Å². The summed E-state index contributed by atoms with van der Waals surface area (Å²) >= 11 is 0. The molecule has 1 N–H and O–H groups in total. The average Bonchev–Trinajstić information content (AvgIpc) is 2.29. The third kappa shape index (κ3) is 3.37. The number of halogens is 1. The van der Waals surface area contributed by atoms with Crippen LogP contribution in [0.25, 0.3) is 0 Å². The van der Waals surface area contributed by atoms with Gasteiger partial charge in [0.1, 0.15) is 11.2 Å². The molecule has 0 aliphatic carbocycles. The lowest BCUT2D eigenvalue weighted by Gasteiger charge is -2.23. The molecule has 96 valence electrons. The predicted octanol–water partition coefficient (Wildman–Crippen LogP) is 0.769. The molecule has 1 aliphatic heterocycles. The van der Waals surface area contributed by atoms with Gasteiger partial charge in [0.25, 0.3) is 0 Å². The molecule has 1 aliphatic rings. The molecule has 2 heterocycles. The Morgan fingerprint density at radius 1 is 1.47 bits per heavy atom. The first kappa shape index (κ1) is 14.3. The predicted molar refractivity (Wildman–Crippen MR) is 67.2 cm³/mol. The number of sulfone groups is 1. The van der Waals surface area contributed by atoms with Gasteiger partial charge in [-0.05, 0) is 19.4 Å². The molecule has 1 saturated heterocycles. The third-order valence-corrected chi connectivity index (χ3v) is 3.90. The van der Waals surface area contributed by atoms with E-state index in [1.165, 1.54) is 18.8 Å². The van der Waals surface area contributed by atoms with Crippen molar-refractivity contribution in [2.45, 2.75) is 23.7 Å². The Balaban J connectivity index is 0.00000144. The van der Waals surface area contributed by atoms with Gasteiger partial charge in [-0.1, -0.05) is 0 Å². The van der Waals surface area contributed by atoms with Crippen LogP contribution in [-0.2, 0) is 9.84 Å². The van der Waals surface area contributed by atoms with Crippen LogP contribution in [0.4, 0.5) is 0 Å². The standard InChI is InChI=1S/C10H15N3O2S.ClH/c1-16(14,15)9-6-12-7-13-10(9)8-3-2-4-11-5-8;/h6-8,11H,2-5H2,1H3;1H. The van der Waals surface area contributed by atoms with Gasteiger partial charge in [0.15, 0.2) is 9.84 Å². The Hall–Kier alpha value is -0.720. The molecule has 1 fully saturated rings. The van der Waals surface area contributed by atoms with Gasteiger partial charge in [-0.15, -0.1) is 12.4 Å². The van der Waals surface area contributed by atoms with Crippen LogP contribution in [0.2, 0.25) is 0 Å². The first-order valence-corrected chi connectivity index (χ1v) is 7.19. The van der Waals surface area contributed by atoms with Crippen molar-refractivity contribution in [2.24, 2.45) is 0 Å². The molecule has 2 rings (SSSR count). The van der Waals surface area contributed by atoms with E-state index in [-0.39, 0.29) is 23.2 Å². The fourth-order valence-electron chi connectivity index (χ4n) is 2.00. The first-order chi connectivity index (χ1) is 7.59. The van der Waals surface area contributed by atoms with E-state index in [9.17, 15) is 8.42 Å². The summed E-state index contributed by atoms with van der Waals surface area (Å²) in [6, 6.07) is 0. The Labute approximate surface area is 107 Å². The SMILES string of the molecule is CS(=O)(=O)c1cncnc1C1CCCNC1.Cl. The second kappa shape index (κ2) is 5.75. The lowest BCUT2D eigenvalue weighted by atomic mass is 9.96. The Bertz CT molecular complexity index is 472. The molecular formula is C10H16ClN3O2S. The van der Waals surface area contributed by atoms with Crippen molar-refractivity contribution in [3.63, 3.8) is 0 Å². The molecule has 0 amide bonds. The van der Waals surface area contributed by atoms with Gasteiger partial charge >= 0.3 is 0 Å². The van der Waals surface area contributed by atoms with Crippen molar-refractivity contribution in [1.82, 2.24) is 15.3 Å². The van der Waals surface area contributed by atoms with E-state index < -0.39 is 9.84 Å². The number of aromatic nitrogens is 2. The van der Waals surface area contributed by atoms with Gasteiger partial charge in [0.05, 0.1) is 5.69 Å². The average molecular weight is 278 g/mol.